The lowest BCUT2D eigenvalue weighted by Gasteiger charge is -2.26. The fourth-order valence-electron chi connectivity index (χ4n) is 1.49. The van der Waals surface area contributed by atoms with Crippen molar-refractivity contribution in [1.82, 2.24) is 0 Å². The average molecular weight is 153 g/mol. The summed E-state index contributed by atoms with van der Waals surface area (Å²) in [5, 5.41) is 3.55. The van der Waals surface area contributed by atoms with Crippen molar-refractivity contribution < 1.29 is 4.79 Å². The second-order valence-corrected chi connectivity index (χ2v) is 2.97. The Balaban J connectivity index is 2.71. The van der Waals surface area contributed by atoms with Crippen LogP contribution in [0.1, 0.15) is 32.1 Å². The minimum Gasteiger partial charge on any atom is -0.303 e. The smallest absolute Gasteiger partial charge is 0.131 e. The lowest BCUT2D eigenvalue weighted by atomic mass is 9.84. The van der Waals surface area contributed by atoms with Crippen LogP contribution in [-0.2, 0) is 4.79 Å². The van der Waals surface area contributed by atoms with Gasteiger partial charge < -0.3 is 4.79 Å². The quantitative estimate of drug-likeness (QED) is 0.259. The molecule has 60 valence electrons. The molecule has 1 fully saturated rings. The molecule has 0 bridgehead atoms. The first-order valence-electron chi connectivity index (χ1n) is 3.86. The normalized spacial score (nSPS) is 21.8. The number of hydrogen-bond acceptors (Lipinski definition) is 2. The molecule has 0 amide bonds. The fraction of sp³-hybridized carbons (Fsp3) is 0.857. The van der Waals surface area contributed by atoms with E-state index in [0.29, 0.717) is 0 Å². The van der Waals surface area contributed by atoms with Gasteiger partial charge in [0.2, 0.25) is 0 Å². The number of nitrogens with zero attached hydrogens (tertiary/aromatic N) is 3. The van der Waals surface area contributed by atoms with Gasteiger partial charge in [-0.05, 0) is 18.4 Å². The van der Waals surface area contributed by atoms with Gasteiger partial charge in [0, 0.05) is 4.91 Å². The summed E-state index contributed by atoms with van der Waals surface area (Å²) < 4.78 is 0. The molecule has 11 heavy (non-hydrogen) atoms. The van der Waals surface area contributed by atoms with Crippen LogP contribution in [0.15, 0.2) is 5.11 Å². The topological polar surface area (TPSA) is 65.8 Å². The fourth-order valence-corrected chi connectivity index (χ4v) is 1.49. The first-order valence-corrected chi connectivity index (χ1v) is 3.86. The van der Waals surface area contributed by atoms with Crippen LogP contribution in [0.25, 0.3) is 10.4 Å². The summed E-state index contributed by atoms with van der Waals surface area (Å²) in [5.41, 5.74) is 7.51. The average Bonchev–Trinajstić information content (AvgIpc) is 2.07. The van der Waals surface area contributed by atoms with Crippen LogP contribution in [0.3, 0.4) is 0 Å². The van der Waals surface area contributed by atoms with Crippen molar-refractivity contribution in [3.63, 3.8) is 0 Å². The monoisotopic (exact) mass is 153 g/mol. The third-order valence-electron chi connectivity index (χ3n) is 2.18. The molecule has 0 N–H and O–H groups in total. The van der Waals surface area contributed by atoms with E-state index in [1.165, 1.54) is 0 Å². The number of hydrogen-bond donors (Lipinski definition) is 0. The van der Waals surface area contributed by atoms with E-state index >= 15 is 0 Å². The number of carbonyl (C=O) groups is 1. The summed E-state index contributed by atoms with van der Waals surface area (Å²) >= 11 is 0. The van der Waals surface area contributed by atoms with Gasteiger partial charge in [-0.1, -0.05) is 24.4 Å². The van der Waals surface area contributed by atoms with Crippen LogP contribution >= 0.6 is 0 Å². The van der Waals surface area contributed by atoms with Gasteiger partial charge in [0.15, 0.2) is 0 Å². The minimum absolute atomic E-state index is 0.701. The van der Waals surface area contributed by atoms with Gasteiger partial charge in [-0.2, -0.15) is 0 Å². The molecule has 0 unspecified atom stereocenters. The Morgan fingerprint density at radius 1 is 1.36 bits per heavy atom. The Labute approximate surface area is 65.2 Å². The Hall–Kier alpha value is -1.02. The van der Waals surface area contributed by atoms with Crippen molar-refractivity contribution in [2.75, 3.05) is 0 Å². The van der Waals surface area contributed by atoms with Crippen molar-refractivity contribution in [3.05, 3.63) is 10.4 Å². The molecule has 0 radical (unpaired) electrons. The van der Waals surface area contributed by atoms with Crippen molar-refractivity contribution in [2.24, 2.45) is 5.11 Å². The SMILES string of the molecule is [N-]=[N+]=NC1(C=O)CCCCC1. The Morgan fingerprint density at radius 2 is 2.00 bits per heavy atom. The second-order valence-electron chi connectivity index (χ2n) is 2.97. The highest BCUT2D eigenvalue weighted by Gasteiger charge is 2.30. The van der Waals surface area contributed by atoms with Crippen LogP contribution in [0.4, 0.5) is 0 Å². The van der Waals surface area contributed by atoms with Crippen molar-refractivity contribution >= 4 is 6.29 Å². The zero-order valence-electron chi connectivity index (χ0n) is 6.36. The summed E-state index contributed by atoms with van der Waals surface area (Å²) in [6, 6.07) is 0. The molecule has 1 saturated carbocycles. The second kappa shape index (κ2) is 3.39. The number of carbonyl (C=O) groups excluding carboxylic acids is 1. The summed E-state index contributed by atoms with van der Waals surface area (Å²) in [7, 11) is 0. The Kier molecular flexibility index (Phi) is 2.49. The van der Waals surface area contributed by atoms with Crippen LogP contribution in [0.5, 0.6) is 0 Å². The highest BCUT2D eigenvalue weighted by atomic mass is 16.1. The first-order chi connectivity index (χ1) is 5.33. The van der Waals surface area contributed by atoms with E-state index in [1.807, 2.05) is 0 Å². The third kappa shape index (κ3) is 1.71. The molecule has 0 atom stereocenters. The lowest BCUT2D eigenvalue weighted by molar-refractivity contribution is -0.113. The summed E-state index contributed by atoms with van der Waals surface area (Å²) in [6.07, 6.45) is 5.39. The van der Waals surface area contributed by atoms with Gasteiger partial charge in [0.05, 0.1) is 0 Å². The number of aldehydes is 1. The van der Waals surface area contributed by atoms with Crippen LogP contribution in [0.2, 0.25) is 0 Å². The third-order valence-corrected chi connectivity index (χ3v) is 2.18. The molecular formula is C7H11N3O. The van der Waals surface area contributed by atoms with Crippen molar-refractivity contribution in [2.45, 2.75) is 37.6 Å². The van der Waals surface area contributed by atoms with Gasteiger partial charge >= 0.3 is 0 Å². The Bertz CT molecular complexity index is 190. The summed E-state index contributed by atoms with van der Waals surface area (Å²) in [5.74, 6) is 0. The van der Waals surface area contributed by atoms with Crippen LogP contribution in [0, 0.1) is 0 Å². The molecule has 4 nitrogen and oxygen atoms in total. The summed E-state index contributed by atoms with van der Waals surface area (Å²) in [4.78, 5) is 13.3. The number of azide groups is 1. The van der Waals surface area contributed by atoms with Gasteiger partial charge in [-0.25, -0.2) is 0 Å². The van der Waals surface area contributed by atoms with E-state index in [9.17, 15) is 4.79 Å². The zero-order valence-corrected chi connectivity index (χ0v) is 6.36. The maximum atomic E-state index is 10.6. The van der Waals surface area contributed by atoms with Gasteiger partial charge in [-0.15, -0.1) is 0 Å². The van der Waals surface area contributed by atoms with E-state index in [0.717, 1.165) is 38.4 Å². The predicted molar refractivity (Wildman–Crippen MR) is 41.0 cm³/mol. The number of rotatable bonds is 2. The molecule has 0 aromatic carbocycles. The maximum Gasteiger partial charge on any atom is 0.131 e. The highest BCUT2D eigenvalue weighted by Crippen LogP contribution is 2.29. The van der Waals surface area contributed by atoms with Crippen molar-refractivity contribution in [3.8, 4) is 0 Å². The molecule has 1 aliphatic rings. The molecule has 0 spiro atoms. The minimum atomic E-state index is -0.701. The van der Waals surface area contributed by atoms with E-state index in [1.54, 1.807) is 0 Å². The molecule has 0 aromatic heterocycles. The zero-order chi connectivity index (χ0) is 8.16. The molecule has 0 heterocycles. The summed E-state index contributed by atoms with van der Waals surface area (Å²) in [6.45, 7) is 0. The predicted octanol–water partition coefficient (Wildman–Crippen LogP) is 2.20. The van der Waals surface area contributed by atoms with E-state index in [-0.39, 0.29) is 0 Å². The molecule has 0 saturated heterocycles. The van der Waals surface area contributed by atoms with E-state index < -0.39 is 5.54 Å². The van der Waals surface area contributed by atoms with E-state index in [2.05, 4.69) is 10.0 Å². The molecule has 4 heteroatoms. The van der Waals surface area contributed by atoms with E-state index in [4.69, 9.17) is 5.53 Å². The molecule has 0 aromatic rings. The highest BCUT2D eigenvalue weighted by molar-refractivity contribution is 5.64. The van der Waals surface area contributed by atoms with Gasteiger partial charge in [0.25, 0.3) is 0 Å². The van der Waals surface area contributed by atoms with Gasteiger partial charge in [0.1, 0.15) is 11.8 Å². The van der Waals surface area contributed by atoms with Crippen LogP contribution < -0.4 is 0 Å². The lowest BCUT2D eigenvalue weighted by Crippen LogP contribution is -2.30. The van der Waals surface area contributed by atoms with Gasteiger partial charge in [-0.3, -0.25) is 0 Å². The Morgan fingerprint density at radius 3 is 2.45 bits per heavy atom. The molecule has 0 aliphatic heterocycles. The van der Waals surface area contributed by atoms with Crippen molar-refractivity contribution in [1.29, 1.82) is 0 Å². The molecule has 1 rings (SSSR count). The largest absolute Gasteiger partial charge is 0.303 e. The first kappa shape index (κ1) is 8.08. The maximum absolute atomic E-state index is 10.6. The van der Waals surface area contributed by atoms with Crippen LogP contribution in [-0.4, -0.2) is 11.8 Å². The molecule has 1 aliphatic carbocycles. The molecular weight excluding hydrogens is 142 g/mol. The standard InChI is InChI=1S/C7H11N3O/c8-10-9-7(6-11)4-2-1-3-5-7/h6H,1-5H2.